The molecule has 6 aromatic rings. The first-order valence-corrected chi connectivity index (χ1v) is 12.4. The molecule has 4 aromatic heterocycles. The Balaban J connectivity index is 1.37. The summed E-state index contributed by atoms with van der Waals surface area (Å²) in [5.41, 5.74) is -11.7. The van der Waals surface area contributed by atoms with E-state index >= 15 is 0 Å². The fourth-order valence-electron chi connectivity index (χ4n) is 5.60. The van der Waals surface area contributed by atoms with Gasteiger partial charge in [-0.3, -0.25) is 0 Å². The Labute approximate surface area is 243 Å². The summed E-state index contributed by atoms with van der Waals surface area (Å²) in [4.78, 5) is 28.7. The molecule has 8 nitrogen and oxygen atoms in total. The fraction of sp³-hybridized carbons (Fsp3) is 0.154. The molecule has 0 aliphatic heterocycles. The standard InChI is InChI=1S/C26H4F12N8/c27-23(28,29)15-16(24(30,31)32)44-20-19(43-15)39-11-5-1-2-6-10-8(4-3-7(9(5)10)13(11)41-20)14-12(6)40-21-22(42-14)46-18(26(36,37)38)17(45-21)25(33,34)35/h1-4H. The van der Waals surface area contributed by atoms with Gasteiger partial charge in [-0.15, -0.1) is 0 Å². The molecule has 20 heteroatoms. The Kier molecular flexibility index (Phi) is 5.08. The van der Waals surface area contributed by atoms with Crippen molar-refractivity contribution >= 4 is 33.4 Å². The van der Waals surface area contributed by atoms with Crippen LogP contribution in [0.15, 0.2) is 24.3 Å². The van der Waals surface area contributed by atoms with E-state index in [0.29, 0.717) is 10.8 Å². The van der Waals surface area contributed by atoms with Crippen LogP contribution in [0.3, 0.4) is 0 Å². The largest absolute Gasteiger partial charge is 0.435 e. The average Bonchev–Trinajstić information content (AvgIpc) is 3.42. The smallest absolute Gasteiger partial charge is 0.223 e. The van der Waals surface area contributed by atoms with Gasteiger partial charge in [-0.05, 0) is 0 Å². The lowest BCUT2D eigenvalue weighted by atomic mass is 9.99. The van der Waals surface area contributed by atoms with E-state index in [9.17, 15) is 52.7 Å². The van der Waals surface area contributed by atoms with Crippen LogP contribution in [0, 0.1) is 0 Å². The highest BCUT2D eigenvalue weighted by atomic mass is 19.4. The summed E-state index contributed by atoms with van der Waals surface area (Å²) < 4.78 is 162. The first-order valence-electron chi connectivity index (χ1n) is 12.4. The summed E-state index contributed by atoms with van der Waals surface area (Å²) in [6, 6.07) is 5.67. The number of fused-ring (bicyclic) bond motifs is 8. The molecular formula is C26H4F12N8. The van der Waals surface area contributed by atoms with Crippen LogP contribution in [0.2, 0.25) is 0 Å². The van der Waals surface area contributed by atoms with Crippen LogP contribution < -0.4 is 0 Å². The third kappa shape index (κ3) is 3.78. The van der Waals surface area contributed by atoms with Crippen molar-refractivity contribution in [3.05, 3.63) is 47.0 Å². The van der Waals surface area contributed by atoms with E-state index in [1.807, 2.05) is 0 Å². The lowest BCUT2D eigenvalue weighted by Gasteiger charge is -2.14. The summed E-state index contributed by atoms with van der Waals surface area (Å²) in [5.74, 6) is 0. The number of benzene rings is 2. The fourth-order valence-corrected chi connectivity index (χ4v) is 5.60. The monoisotopic (exact) mass is 656 g/mol. The van der Waals surface area contributed by atoms with Crippen molar-refractivity contribution in [1.82, 2.24) is 39.9 Å². The van der Waals surface area contributed by atoms with Crippen molar-refractivity contribution in [2.45, 2.75) is 24.7 Å². The molecule has 0 N–H and O–H groups in total. The second-order valence-electron chi connectivity index (χ2n) is 10.0. The number of halogens is 12. The molecule has 4 heterocycles. The molecule has 2 aliphatic rings. The molecule has 0 radical (unpaired) electrons. The number of rotatable bonds is 0. The number of aromatic nitrogens is 8. The molecule has 0 spiro atoms. The van der Waals surface area contributed by atoms with Crippen LogP contribution in [0.5, 0.6) is 0 Å². The Morgan fingerprint density at radius 2 is 0.500 bits per heavy atom. The second-order valence-corrected chi connectivity index (χ2v) is 10.0. The first-order chi connectivity index (χ1) is 21.3. The highest BCUT2D eigenvalue weighted by molar-refractivity contribution is 6.25. The first kappa shape index (κ1) is 28.2. The molecule has 0 bridgehead atoms. The minimum atomic E-state index is -5.53. The van der Waals surface area contributed by atoms with Crippen molar-refractivity contribution in [2.75, 3.05) is 0 Å². The Hall–Kier alpha value is -5.30. The highest BCUT2D eigenvalue weighted by Gasteiger charge is 2.48. The average molecular weight is 656 g/mol. The van der Waals surface area contributed by atoms with Gasteiger partial charge in [-0.2, -0.15) is 52.7 Å². The molecule has 0 atom stereocenters. The number of hydrogen-bond donors (Lipinski definition) is 0. The number of nitrogens with zero attached hydrogens (tertiary/aromatic N) is 8. The van der Waals surface area contributed by atoms with E-state index in [2.05, 4.69) is 39.9 Å². The van der Waals surface area contributed by atoms with Gasteiger partial charge in [-0.1, -0.05) is 24.3 Å². The van der Waals surface area contributed by atoms with Gasteiger partial charge >= 0.3 is 24.7 Å². The van der Waals surface area contributed by atoms with Gasteiger partial charge in [0.05, 0.1) is 22.8 Å². The second kappa shape index (κ2) is 8.29. The maximum Gasteiger partial charge on any atom is 0.435 e. The highest BCUT2D eigenvalue weighted by Crippen LogP contribution is 2.55. The van der Waals surface area contributed by atoms with E-state index < -0.39 is 70.1 Å². The Morgan fingerprint density at radius 3 is 0.674 bits per heavy atom. The summed E-state index contributed by atoms with van der Waals surface area (Å²) in [7, 11) is 0. The molecule has 232 valence electrons. The van der Waals surface area contributed by atoms with Crippen LogP contribution in [-0.2, 0) is 24.7 Å². The molecule has 2 aromatic carbocycles. The molecule has 0 amide bonds. The van der Waals surface area contributed by atoms with E-state index in [1.54, 1.807) is 0 Å². The van der Waals surface area contributed by atoms with Gasteiger partial charge < -0.3 is 0 Å². The van der Waals surface area contributed by atoms with Crippen molar-refractivity contribution in [3.8, 4) is 45.0 Å². The third-order valence-electron chi connectivity index (χ3n) is 7.29. The summed E-state index contributed by atoms with van der Waals surface area (Å²) in [6.07, 6.45) is -22.1. The molecule has 0 unspecified atom stereocenters. The zero-order chi connectivity index (χ0) is 32.9. The van der Waals surface area contributed by atoms with Crippen molar-refractivity contribution in [3.63, 3.8) is 0 Å². The van der Waals surface area contributed by atoms with Gasteiger partial charge in [0.2, 0.25) is 0 Å². The van der Waals surface area contributed by atoms with E-state index in [0.717, 1.165) is 0 Å². The van der Waals surface area contributed by atoms with Crippen molar-refractivity contribution < 1.29 is 52.7 Å². The molecule has 0 fully saturated rings. The van der Waals surface area contributed by atoms with Crippen molar-refractivity contribution in [2.24, 2.45) is 0 Å². The van der Waals surface area contributed by atoms with Gasteiger partial charge in [0, 0.05) is 33.0 Å². The number of hydrogen-bond acceptors (Lipinski definition) is 8. The van der Waals surface area contributed by atoms with Crippen LogP contribution in [0.1, 0.15) is 22.8 Å². The molecular weight excluding hydrogens is 652 g/mol. The van der Waals surface area contributed by atoms with E-state index in [4.69, 9.17) is 0 Å². The van der Waals surface area contributed by atoms with Crippen LogP contribution in [-0.4, -0.2) is 39.9 Å². The lowest BCUT2D eigenvalue weighted by Crippen LogP contribution is -2.21. The Morgan fingerprint density at radius 1 is 0.304 bits per heavy atom. The molecule has 0 saturated carbocycles. The maximum absolute atomic E-state index is 13.5. The quantitative estimate of drug-likeness (QED) is 0.153. The topological polar surface area (TPSA) is 103 Å². The molecule has 2 aliphatic carbocycles. The minimum absolute atomic E-state index is 0.0524. The predicted molar refractivity (Wildman–Crippen MR) is 130 cm³/mol. The third-order valence-corrected chi connectivity index (χ3v) is 7.29. The van der Waals surface area contributed by atoms with Gasteiger partial charge in [-0.25, -0.2) is 39.9 Å². The lowest BCUT2D eigenvalue weighted by molar-refractivity contribution is -0.167. The van der Waals surface area contributed by atoms with Crippen LogP contribution >= 0.6 is 0 Å². The zero-order valence-electron chi connectivity index (χ0n) is 21.4. The van der Waals surface area contributed by atoms with Gasteiger partial charge in [0.25, 0.3) is 0 Å². The SMILES string of the molecule is FC(F)(F)c1nc2nc3c(nc2nc1C(F)(F)F)-c1ccc2c4c(ccc-3c14)-c1nc3nc(C(F)(F)F)c(C(F)(F)F)nc3nc1-2. The van der Waals surface area contributed by atoms with Crippen molar-refractivity contribution in [1.29, 1.82) is 0 Å². The van der Waals surface area contributed by atoms with E-state index in [-0.39, 0.29) is 45.0 Å². The Bertz CT molecular complexity index is 2050. The molecule has 0 saturated heterocycles. The minimum Gasteiger partial charge on any atom is -0.223 e. The van der Waals surface area contributed by atoms with Crippen LogP contribution in [0.25, 0.3) is 78.4 Å². The molecule has 8 rings (SSSR count). The van der Waals surface area contributed by atoms with Crippen LogP contribution in [0.4, 0.5) is 52.7 Å². The van der Waals surface area contributed by atoms with E-state index in [1.165, 1.54) is 24.3 Å². The summed E-state index contributed by atoms with van der Waals surface area (Å²) >= 11 is 0. The maximum atomic E-state index is 13.5. The summed E-state index contributed by atoms with van der Waals surface area (Å²) in [5, 5.41) is 0.647. The summed E-state index contributed by atoms with van der Waals surface area (Å²) in [6.45, 7) is 0. The normalized spacial score (nSPS) is 14.1. The van der Waals surface area contributed by atoms with Gasteiger partial charge in [0.1, 0.15) is 0 Å². The molecule has 46 heavy (non-hydrogen) atoms. The predicted octanol–water partition coefficient (Wildman–Crippen LogP) is 7.68. The van der Waals surface area contributed by atoms with Gasteiger partial charge in [0.15, 0.2) is 45.4 Å². The zero-order valence-corrected chi connectivity index (χ0v) is 21.4. The number of alkyl halides is 12.